The molecule has 0 bridgehead atoms. The highest BCUT2D eigenvalue weighted by Crippen LogP contribution is 2.05. The molecule has 0 aromatic heterocycles. The average molecular weight is 350 g/mol. The number of nitrogens with two attached hydrogens (primary N) is 1. The molecule has 1 aromatic carbocycles. The number of hydrogen-bond donors (Lipinski definition) is 3. The number of carbonyl (C=O) groups excluding carboxylic acids is 1. The van der Waals surface area contributed by atoms with Crippen LogP contribution in [0, 0.1) is 0 Å². The number of halogens is 1. The zero-order chi connectivity index (χ0) is 15.7. The summed E-state index contributed by atoms with van der Waals surface area (Å²) in [5, 5.41) is 2.81. The second kappa shape index (κ2) is 10.6. The molecule has 0 saturated heterocycles. The SMILES string of the molecule is CCS(=O)(=O)NCc1ccc(C(=O)NCCCCN)cc1.Cl. The highest BCUT2D eigenvalue weighted by atomic mass is 35.5. The van der Waals surface area contributed by atoms with Gasteiger partial charge in [0.05, 0.1) is 5.75 Å². The molecule has 6 nitrogen and oxygen atoms in total. The van der Waals surface area contributed by atoms with E-state index < -0.39 is 10.0 Å². The van der Waals surface area contributed by atoms with Gasteiger partial charge in [-0.05, 0) is 44.0 Å². The predicted octanol–water partition coefficient (Wildman–Crippen LogP) is 1.02. The summed E-state index contributed by atoms with van der Waals surface area (Å²) in [5.41, 5.74) is 6.75. The van der Waals surface area contributed by atoms with Crippen LogP contribution in [0.25, 0.3) is 0 Å². The minimum Gasteiger partial charge on any atom is -0.352 e. The van der Waals surface area contributed by atoms with Gasteiger partial charge in [0.15, 0.2) is 0 Å². The topological polar surface area (TPSA) is 101 Å². The minimum absolute atomic E-state index is 0. The fourth-order valence-electron chi connectivity index (χ4n) is 1.64. The second-order valence-electron chi connectivity index (χ2n) is 4.67. The van der Waals surface area contributed by atoms with Gasteiger partial charge in [-0.15, -0.1) is 12.4 Å². The van der Waals surface area contributed by atoms with E-state index in [2.05, 4.69) is 10.0 Å². The maximum Gasteiger partial charge on any atom is 0.251 e. The van der Waals surface area contributed by atoms with Crippen molar-refractivity contribution in [1.29, 1.82) is 0 Å². The molecule has 1 aromatic rings. The summed E-state index contributed by atoms with van der Waals surface area (Å²) in [7, 11) is -3.20. The molecule has 22 heavy (non-hydrogen) atoms. The third-order valence-corrected chi connectivity index (χ3v) is 4.35. The summed E-state index contributed by atoms with van der Waals surface area (Å²) in [6, 6.07) is 6.86. The first kappa shape index (κ1) is 20.9. The van der Waals surface area contributed by atoms with Gasteiger partial charge >= 0.3 is 0 Å². The molecular weight excluding hydrogens is 326 g/mol. The molecule has 0 heterocycles. The molecule has 0 aliphatic carbocycles. The second-order valence-corrected chi connectivity index (χ2v) is 6.77. The molecule has 0 saturated carbocycles. The van der Waals surface area contributed by atoms with E-state index in [1.165, 1.54) is 0 Å². The van der Waals surface area contributed by atoms with Crippen molar-refractivity contribution in [3.05, 3.63) is 35.4 Å². The monoisotopic (exact) mass is 349 g/mol. The van der Waals surface area contributed by atoms with E-state index >= 15 is 0 Å². The van der Waals surface area contributed by atoms with E-state index in [0.717, 1.165) is 18.4 Å². The Bertz CT molecular complexity index is 547. The number of nitrogens with one attached hydrogen (secondary N) is 2. The van der Waals surface area contributed by atoms with Crippen molar-refractivity contribution in [1.82, 2.24) is 10.0 Å². The first-order chi connectivity index (χ1) is 9.98. The summed E-state index contributed by atoms with van der Waals surface area (Å²) < 4.78 is 25.2. The molecule has 1 rings (SSSR count). The molecule has 0 aliphatic rings. The van der Waals surface area contributed by atoms with Crippen molar-refractivity contribution in [2.24, 2.45) is 5.73 Å². The van der Waals surface area contributed by atoms with Gasteiger partial charge in [0, 0.05) is 18.7 Å². The summed E-state index contributed by atoms with van der Waals surface area (Å²) in [5.74, 6) is -0.0799. The van der Waals surface area contributed by atoms with E-state index in [1.54, 1.807) is 31.2 Å². The summed E-state index contributed by atoms with van der Waals surface area (Å²) >= 11 is 0. The number of hydrogen-bond acceptors (Lipinski definition) is 4. The molecular formula is C14H24ClN3O3S. The highest BCUT2D eigenvalue weighted by Gasteiger charge is 2.07. The third-order valence-electron chi connectivity index (χ3n) is 3.01. The molecule has 0 radical (unpaired) electrons. The average Bonchev–Trinajstić information content (AvgIpc) is 2.50. The van der Waals surface area contributed by atoms with Crippen LogP contribution in [-0.2, 0) is 16.6 Å². The maximum atomic E-state index is 11.8. The molecule has 0 fully saturated rings. The van der Waals surface area contributed by atoms with Gasteiger partial charge in [0.2, 0.25) is 10.0 Å². The molecule has 8 heteroatoms. The van der Waals surface area contributed by atoms with E-state index in [1.807, 2.05) is 0 Å². The van der Waals surface area contributed by atoms with Crippen LogP contribution in [0.2, 0.25) is 0 Å². The Kier molecular flexibility index (Phi) is 10.0. The van der Waals surface area contributed by atoms with Crippen LogP contribution >= 0.6 is 12.4 Å². The minimum atomic E-state index is -3.20. The lowest BCUT2D eigenvalue weighted by Gasteiger charge is -2.07. The largest absolute Gasteiger partial charge is 0.352 e. The Labute approximate surface area is 138 Å². The standard InChI is InChI=1S/C14H23N3O3S.ClH/c1-2-21(19,20)17-11-12-5-7-13(8-6-12)14(18)16-10-4-3-9-15;/h5-8,17H,2-4,9-11,15H2,1H3,(H,16,18);1H. The quantitative estimate of drug-likeness (QED) is 0.579. The van der Waals surface area contributed by atoms with Crippen molar-refractivity contribution in [3.63, 3.8) is 0 Å². The van der Waals surface area contributed by atoms with E-state index in [4.69, 9.17) is 5.73 Å². The number of carbonyl (C=O) groups is 1. The van der Waals surface area contributed by atoms with Crippen molar-refractivity contribution in [2.75, 3.05) is 18.8 Å². The Morgan fingerprint density at radius 2 is 1.82 bits per heavy atom. The van der Waals surface area contributed by atoms with Crippen LogP contribution in [0.4, 0.5) is 0 Å². The van der Waals surface area contributed by atoms with Crippen LogP contribution in [0.3, 0.4) is 0 Å². The Morgan fingerprint density at radius 1 is 1.18 bits per heavy atom. The van der Waals surface area contributed by atoms with Crippen molar-refractivity contribution in [3.8, 4) is 0 Å². The van der Waals surface area contributed by atoms with Crippen LogP contribution < -0.4 is 15.8 Å². The molecule has 0 atom stereocenters. The lowest BCUT2D eigenvalue weighted by Crippen LogP contribution is -2.25. The van der Waals surface area contributed by atoms with Gasteiger partial charge < -0.3 is 11.1 Å². The predicted molar refractivity (Wildman–Crippen MR) is 90.6 cm³/mol. The summed E-state index contributed by atoms with van der Waals surface area (Å²) in [4.78, 5) is 11.8. The van der Waals surface area contributed by atoms with E-state index in [0.29, 0.717) is 18.7 Å². The smallest absolute Gasteiger partial charge is 0.251 e. The van der Waals surface area contributed by atoms with Gasteiger partial charge in [0.25, 0.3) is 5.91 Å². The first-order valence-corrected chi connectivity index (χ1v) is 8.68. The van der Waals surface area contributed by atoms with Crippen molar-refractivity contribution < 1.29 is 13.2 Å². The van der Waals surface area contributed by atoms with Gasteiger partial charge in [0.1, 0.15) is 0 Å². The number of amides is 1. The zero-order valence-electron chi connectivity index (χ0n) is 12.7. The highest BCUT2D eigenvalue weighted by molar-refractivity contribution is 7.89. The molecule has 0 spiro atoms. The lowest BCUT2D eigenvalue weighted by atomic mass is 10.1. The normalized spacial score (nSPS) is 10.8. The van der Waals surface area contributed by atoms with E-state index in [-0.39, 0.29) is 30.6 Å². The van der Waals surface area contributed by atoms with E-state index in [9.17, 15) is 13.2 Å². The maximum absolute atomic E-state index is 11.8. The zero-order valence-corrected chi connectivity index (χ0v) is 14.3. The number of benzene rings is 1. The Balaban J connectivity index is 0.00000441. The van der Waals surface area contributed by atoms with Gasteiger partial charge in [-0.1, -0.05) is 12.1 Å². The molecule has 4 N–H and O–H groups in total. The van der Waals surface area contributed by atoms with Crippen LogP contribution in [-0.4, -0.2) is 33.2 Å². The summed E-state index contributed by atoms with van der Waals surface area (Å²) in [6.07, 6.45) is 1.75. The third kappa shape index (κ3) is 7.74. The molecule has 0 unspecified atom stereocenters. The van der Waals surface area contributed by atoms with Crippen LogP contribution in [0.15, 0.2) is 24.3 Å². The van der Waals surface area contributed by atoms with Gasteiger partial charge in [-0.25, -0.2) is 13.1 Å². The fourth-order valence-corrected chi connectivity index (χ4v) is 2.23. The lowest BCUT2D eigenvalue weighted by molar-refractivity contribution is 0.0953. The van der Waals surface area contributed by atoms with Gasteiger partial charge in [-0.2, -0.15) is 0 Å². The molecule has 126 valence electrons. The van der Waals surface area contributed by atoms with Gasteiger partial charge in [-0.3, -0.25) is 4.79 Å². The fraction of sp³-hybridized carbons (Fsp3) is 0.500. The number of rotatable bonds is 9. The Morgan fingerprint density at radius 3 is 2.36 bits per heavy atom. The molecule has 1 amide bonds. The first-order valence-electron chi connectivity index (χ1n) is 7.03. The van der Waals surface area contributed by atoms with Crippen LogP contribution in [0.5, 0.6) is 0 Å². The van der Waals surface area contributed by atoms with Crippen LogP contribution in [0.1, 0.15) is 35.7 Å². The number of sulfonamides is 1. The molecule has 0 aliphatic heterocycles. The Hall–Kier alpha value is -1.15. The van der Waals surface area contributed by atoms with Crippen molar-refractivity contribution in [2.45, 2.75) is 26.3 Å². The van der Waals surface area contributed by atoms with Crippen molar-refractivity contribution >= 4 is 28.3 Å². The number of unbranched alkanes of at least 4 members (excludes halogenated alkanes) is 1. The summed E-state index contributed by atoms with van der Waals surface area (Å²) in [6.45, 7) is 3.04.